The first-order chi connectivity index (χ1) is 21.2. The number of nitrogens with one attached hydrogen (secondary N) is 4. The zero-order chi connectivity index (χ0) is 30.8. The lowest BCUT2D eigenvalue weighted by Crippen LogP contribution is -2.52. The quantitative estimate of drug-likeness (QED) is 0.276. The number of nitrogens with zero attached hydrogens (tertiary/aromatic N) is 4. The number of methoxy groups -OCH3 is 2. The van der Waals surface area contributed by atoms with Crippen LogP contribution in [0.4, 0.5) is 22.9 Å². The van der Waals surface area contributed by atoms with Crippen LogP contribution in [0.3, 0.4) is 0 Å². The molecule has 2 saturated heterocycles. The molecule has 2 aromatic carbocycles. The summed E-state index contributed by atoms with van der Waals surface area (Å²) >= 11 is 0. The van der Waals surface area contributed by atoms with Crippen LogP contribution in [0.5, 0.6) is 11.5 Å². The molecule has 236 valence electrons. The minimum atomic E-state index is -2.43. The Labute approximate surface area is 260 Å². The van der Waals surface area contributed by atoms with Gasteiger partial charge in [0.2, 0.25) is 0 Å². The number of H-pyrrole nitrogens is 1. The van der Waals surface area contributed by atoms with Crippen molar-refractivity contribution in [2.45, 2.75) is 25.2 Å². The van der Waals surface area contributed by atoms with Crippen LogP contribution >= 0.6 is 7.14 Å². The highest BCUT2D eigenvalue weighted by atomic mass is 31.2. The molecule has 0 spiro atoms. The largest absolute Gasteiger partial charge is 0.495 e. The van der Waals surface area contributed by atoms with Crippen LogP contribution in [-0.2, 0) is 4.57 Å². The Hall–Kier alpha value is -3.66. The molecule has 1 atom stereocenters. The number of likely N-dealkylation sites (N-methyl/N-ethyl adjacent to an activating group) is 1. The predicted octanol–water partition coefficient (Wildman–Crippen LogP) is 4.18. The van der Waals surface area contributed by atoms with Gasteiger partial charge in [-0.3, -0.25) is 4.90 Å². The molecular weight excluding hydrogens is 575 g/mol. The second kappa shape index (κ2) is 12.8. The number of piperazine rings is 1. The predicted molar refractivity (Wildman–Crippen MR) is 181 cm³/mol. The van der Waals surface area contributed by atoms with Gasteiger partial charge in [-0.1, -0.05) is 0 Å². The van der Waals surface area contributed by atoms with E-state index in [9.17, 15) is 4.57 Å². The maximum atomic E-state index is 12.6. The Balaban J connectivity index is 1.16. The third kappa shape index (κ3) is 6.55. The van der Waals surface area contributed by atoms with E-state index < -0.39 is 13.4 Å². The molecule has 44 heavy (non-hydrogen) atoms. The highest BCUT2D eigenvalue weighted by Gasteiger charge is 2.28. The maximum absolute atomic E-state index is 12.6. The van der Waals surface area contributed by atoms with Crippen LogP contribution in [0.1, 0.15) is 18.4 Å². The van der Waals surface area contributed by atoms with E-state index in [0.29, 0.717) is 17.6 Å². The van der Waals surface area contributed by atoms with E-state index in [4.69, 9.17) is 14.5 Å². The molecule has 3 aliphatic rings. The summed E-state index contributed by atoms with van der Waals surface area (Å²) in [5, 5.41) is 11.1. The number of aromatic nitrogens is 1. The lowest BCUT2D eigenvalue weighted by Gasteiger charge is -2.42. The molecule has 3 aromatic rings. The Bertz CT molecular complexity index is 1540. The normalized spacial score (nSPS) is 20.0. The van der Waals surface area contributed by atoms with E-state index >= 15 is 0 Å². The number of aromatic amines is 1. The average molecular weight is 621 g/mol. The fourth-order valence-corrected chi connectivity index (χ4v) is 7.15. The second-order valence-electron chi connectivity index (χ2n) is 12.2. The van der Waals surface area contributed by atoms with E-state index in [2.05, 4.69) is 60.9 Å². The number of hydrogen-bond acceptors (Lipinski definition) is 10. The minimum Gasteiger partial charge on any atom is -0.495 e. The van der Waals surface area contributed by atoms with Crippen LogP contribution in [0.2, 0.25) is 0 Å². The number of hydrogen-bond donors (Lipinski definition) is 4. The SMILES string of the molecule is COc1cc(P(C)(C)=O)ccc1NC1=NC(Nc2ccc(N3CCC(N4CCN(C)CC4)CC3)cc2OC)Nc2[nH]ccc21. The maximum Gasteiger partial charge on any atom is 0.197 e. The summed E-state index contributed by atoms with van der Waals surface area (Å²) in [6, 6.07) is 14.6. The smallest absolute Gasteiger partial charge is 0.197 e. The van der Waals surface area contributed by atoms with E-state index in [0.717, 1.165) is 60.0 Å². The number of anilines is 4. The number of amidine groups is 1. The van der Waals surface area contributed by atoms with Gasteiger partial charge in [-0.25, -0.2) is 4.99 Å². The van der Waals surface area contributed by atoms with Gasteiger partial charge in [0.15, 0.2) is 6.29 Å². The zero-order valence-electron chi connectivity index (χ0n) is 26.4. The van der Waals surface area contributed by atoms with Crippen molar-refractivity contribution in [1.29, 1.82) is 0 Å². The van der Waals surface area contributed by atoms with E-state index in [-0.39, 0.29) is 0 Å². The van der Waals surface area contributed by atoms with Crippen LogP contribution < -0.4 is 35.6 Å². The van der Waals surface area contributed by atoms with Crippen molar-refractivity contribution in [1.82, 2.24) is 14.8 Å². The van der Waals surface area contributed by atoms with Crippen molar-refractivity contribution in [2.75, 3.05) is 94.7 Å². The second-order valence-corrected chi connectivity index (χ2v) is 15.5. The molecule has 1 unspecified atom stereocenters. The zero-order valence-corrected chi connectivity index (χ0v) is 27.3. The fraction of sp³-hybridized carbons (Fsp3) is 0.469. The molecule has 11 nitrogen and oxygen atoms in total. The van der Waals surface area contributed by atoms with Crippen molar-refractivity contribution in [2.24, 2.45) is 4.99 Å². The van der Waals surface area contributed by atoms with Crippen LogP contribution in [0.25, 0.3) is 0 Å². The van der Waals surface area contributed by atoms with Crippen molar-refractivity contribution in [3.8, 4) is 11.5 Å². The van der Waals surface area contributed by atoms with Gasteiger partial charge in [0.1, 0.15) is 30.3 Å². The van der Waals surface area contributed by atoms with Gasteiger partial charge in [0.05, 0.1) is 31.2 Å². The van der Waals surface area contributed by atoms with Crippen molar-refractivity contribution >= 4 is 41.2 Å². The Morgan fingerprint density at radius 2 is 1.61 bits per heavy atom. The van der Waals surface area contributed by atoms with Crippen LogP contribution in [-0.4, -0.2) is 107 Å². The van der Waals surface area contributed by atoms with E-state index in [1.54, 1.807) is 27.5 Å². The van der Waals surface area contributed by atoms with Gasteiger partial charge in [0, 0.05) is 68.6 Å². The summed E-state index contributed by atoms with van der Waals surface area (Å²) in [6.07, 6.45) is 3.79. The Kier molecular flexibility index (Phi) is 8.80. The highest BCUT2D eigenvalue weighted by Crippen LogP contribution is 2.38. The van der Waals surface area contributed by atoms with Gasteiger partial charge in [-0.2, -0.15) is 0 Å². The summed E-state index contributed by atoms with van der Waals surface area (Å²) < 4.78 is 24.1. The molecule has 0 radical (unpaired) electrons. The van der Waals surface area contributed by atoms with E-state index in [1.807, 2.05) is 30.5 Å². The van der Waals surface area contributed by atoms with Crippen LogP contribution in [0.15, 0.2) is 53.7 Å². The number of aliphatic imine (C=N–C) groups is 1. The number of fused-ring (bicyclic) bond motifs is 1. The highest BCUT2D eigenvalue weighted by molar-refractivity contribution is 7.70. The molecule has 4 heterocycles. The molecule has 4 N–H and O–H groups in total. The topological polar surface area (TPSA) is 109 Å². The first-order valence-corrected chi connectivity index (χ1v) is 18.0. The lowest BCUT2D eigenvalue weighted by atomic mass is 10.0. The molecule has 0 bridgehead atoms. The Morgan fingerprint density at radius 1 is 0.909 bits per heavy atom. The summed E-state index contributed by atoms with van der Waals surface area (Å²) in [4.78, 5) is 15.8. The summed E-state index contributed by atoms with van der Waals surface area (Å²) in [5.74, 6) is 2.91. The first kappa shape index (κ1) is 30.4. The van der Waals surface area contributed by atoms with Gasteiger partial charge in [0.25, 0.3) is 0 Å². The fourth-order valence-electron chi connectivity index (χ4n) is 6.29. The van der Waals surface area contributed by atoms with Gasteiger partial charge in [-0.05, 0) is 69.6 Å². The first-order valence-electron chi connectivity index (χ1n) is 15.4. The standard InChI is InChI=1S/C32H45N8O3P/c1-38-16-18-40(19-17-38)22-11-14-39(15-12-22)23-6-8-27(28(20-23)42-2)35-32-36-30-25(10-13-33-30)31(37-32)34-26-9-7-24(44(4,5)41)21-29(26)43-3/h6-10,13,20-22,32-33,35-36H,11-12,14-19H2,1-5H3,(H,34,37). The molecule has 12 heteroatoms. The summed E-state index contributed by atoms with van der Waals surface area (Å²) in [5.41, 5.74) is 3.68. The number of piperidine rings is 1. The third-order valence-corrected chi connectivity index (χ3v) is 10.5. The summed E-state index contributed by atoms with van der Waals surface area (Å²) in [7, 11) is 3.11. The van der Waals surface area contributed by atoms with Gasteiger partial charge >= 0.3 is 0 Å². The van der Waals surface area contributed by atoms with Crippen molar-refractivity contribution in [3.63, 3.8) is 0 Å². The lowest BCUT2D eigenvalue weighted by molar-refractivity contribution is 0.0982. The average Bonchev–Trinajstić information content (AvgIpc) is 3.50. The minimum absolute atomic E-state index is 0.459. The van der Waals surface area contributed by atoms with Gasteiger partial charge < -0.3 is 44.8 Å². The third-order valence-electron chi connectivity index (χ3n) is 8.96. The molecule has 1 aromatic heterocycles. The molecule has 6 rings (SSSR count). The molecule has 0 amide bonds. The Morgan fingerprint density at radius 3 is 2.32 bits per heavy atom. The molecular formula is C32H45N8O3P. The molecule has 0 aliphatic carbocycles. The summed E-state index contributed by atoms with van der Waals surface area (Å²) in [6.45, 7) is 10.3. The number of benzene rings is 2. The molecule has 2 fully saturated rings. The van der Waals surface area contributed by atoms with E-state index in [1.165, 1.54) is 31.6 Å². The number of rotatable bonds is 8. The molecule has 0 saturated carbocycles. The van der Waals surface area contributed by atoms with Crippen molar-refractivity contribution in [3.05, 3.63) is 54.2 Å². The van der Waals surface area contributed by atoms with Gasteiger partial charge in [-0.15, -0.1) is 0 Å². The number of ether oxygens (including phenoxy) is 2. The van der Waals surface area contributed by atoms with Crippen LogP contribution in [0, 0.1) is 0 Å². The molecule has 3 aliphatic heterocycles. The van der Waals surface area contributed by atoms with Crippen molar-refractivity contribution < 1.29 is 14.0 Å². The monoisotopic (exact) mass is 620 g/mol.